The molecule has 276 valence electrons. The molecule has 0 radical (unpaired) electrons. The van der Waals surface area contributed by atoms with E-state index >= 15 is 0 Å². The van der Waals surface area contributed by atoms with Crippen molar-refractivity contribution in [2.75, 3.05) is 45.8 Å². The first-order valence-electron chi connectivity index (χ1n) is 15.2. The van der Waals surface area contributed by atoms with Crippen molar-refractivity contribution in [1.82, 2.24) is 46.6 Å². The molecule has 0 aliphatic carbocycles. The number of carboxylic acid groups (broad SMARTS) is 2. The van der Waals surface area contributed by atoms with Crippen LogP contribution in [0.3, 0.4) is 0 Å². The third kappa shape index (κ3) is 20.9. The number of hydrogen-bond acceptors (Lipinski definition) is 14. The second-order valence-corrected chi connectivity index (χ2v) is 12.2. The van der Waals surface area contributed by atoms with Crippen LogP contribution in [0.4, 0.5) is 0 Å². The standard InChI is InChI=1S/C26H43N9O13S/c1-27-20(36)9-7-17(25(41)42)29-22(38)10-8-18(26(43)44)30-24(40)16-48-14-13-47-12-11-28-21(37)6-3-15-49(45,46)33-23(39)5-2-4-19-31-34-35-32-19/h17-18H,2-16H2,1H3,(H,27,36)(H,28,37)(H,29,38)(H,30,40)(H,33,39)(H,41,42)(H,43,44)(H,31,32,34,35)/t17-,18-/m0/s1. The van der Waals surface area contributed by atoms with Gasteiger partial charge in [-0.25, -0.2) is 23.1 Å². The van der Waals surface area contributed by atoms with Crippen molar-refractivity contribution in [2.24, 2.45) is 0 Å². The first kappa shape index (κ1) is 42.3. The lowest BCUT2D eigenvalue weighted by atomic mass is 10.1. The quantitative estimate of drug-likeness (QED) is 0.0406. The highest BCUT2D eigenvalue weighted by atomic mass is 32.2. The number of nitrogens with one attached hydrogen (secondary N) is 6. The normalized spacial score (nSPS) is 12.3. The molecule has 0 aliphatic rings. The summed E-state index contributed by atoms with van der Waals surface area (Å²) in [6.07, 6.45) is -0.502. The van der Waals surface area contributed by atoms with Crippen LogP contribution in [0, 0.1) is 0 Å². The van der Waals surface area contributed by atoms with Gasteiger partial charge >= 0.3 is 11.9 Å². The van der Waals surface area contributed by atoms with Crippen LogP contribution in [0.2, 0.25) is 0 Å². The summed E-state index contributed by atoms with van der Waals surface area (Å²) in [5.74, 6) is -5.78. The summed E-state index contributed by atoms with van der Waals surface area (Å²) in [5.41, 5.74) is 0. The number of rotatable bonds is 27. The zero-order chi connectivity index (χ0) is 36.7. The average Bonchev–Trinajstić information content (AvgIpc) is 3.55. The minimum atomic E-state index is -3.90. The number of aryl methyl sites for hydroxylation is 1. The molecule has 1 heterocycles. The summed E-state index contributed by atoms with van der Waals surface area (Å²) in [4.78, 5) is 82.1. The van der Waals surface area contributed by atoms with Gasteiger partial charge in [0.25, 0.3) is 0 Å². The maximum absolute atomic E-state index is 12.1. The Morgan fingerprint density at radius 1 is 0.776 bits per heavy atom. The molecule has 0 saturated heterocycles. The Hall–Kier alpha value is -4.77. The first-order valence-corrected chi connectivity index (χ1v) is 16.8. The molecular formula is C26H43N9O13S. The summed E-state index contributed by atoms with van der Waals surface area (Å²) in [6, 6.07) is -2.80. The molecule has 2 atom stereocenters. The maximum atomic E-state index is 12.1. The number of ether oxygens (including phenoxy) is 2. The van der Waals surface area contributed by atoms with Gasteiger partial charge in [-0.1, -0.05) is 0 Å². The number of hydrogen-bond donors (Lipinski definition) is 8. The largest absolute Gasteiger partial charge is 0.480 e. The Morgan fingerprint density at radius 2 is 1.39 bits per heavy atom. The molecule has 1 aromatic heterocycles. The Bertz CT molecular complexity index is 1340. The lowest BCUT2D eigenvalue weighted by Crippen LogP contribution is -2.45. The zero-order valence-corrected chi connectivity index (χ0v) is 27.7. The number of sulfonamides is 1. The number of nitrogens with zero attached hydrogens (tertiary/aromatic N) is 3. The van der Waals surface area contributed by atoms with Gasteiger partial charge in [-0.05, 0) is 36.1 Å². The fourth-order valence-corrected chi connectivity index (χ4v) is 4.90. The van der Waals surface area contributed by atoms with Crippen molar-refractivity contribution >= 4 is 51.5 Å². The topological polar surface area (TPSA) is 327 Å². The van der Waals surface area contributed by atoms with Gasteiger partial charge in [0.05, 0.1) is 25.6 Å². The lowest BCUT2D eigenvalue weighted by molar-refractivity contribution is -0.144. The highest BCUT2D eigenvalue weighted by Crippen LogP contribution is 2.03. The third-order valence-electron chi connectivity index (χ3n) is 6.33. The number of aromatic amines is 1. The fourth-order valence-electron chi connectivity index (χ4n) is 3.83. The van der Waals surface area contributed by atoms with Crippen molar-refractivity contribution in [3.8, 4) is 0 Å². The number of aliphatic carboxylic acids is 2. The molecule has 1 rings (SSSR count). The van der Waals surface area contributed by atoms with Crippen LogP contribution in [0.5, 0.6) is 0 Å². The maximum Gasteiger partial charge on any atom is 0.326 e. The number of carbonyl (C=O) groups is 7. The summed E-state index contributed by atoms with van der Waals surface area (Å²) in [6.45, 7) is -0.338. The summed E-state index contributed by atoms with van der Waals surface area (Å²) >= 11 is 0. The predicted octanol–water partition coefficient (Wildman–Crippen LogP) is -3.66. The van der Waals surface area contributed by atoms with Crippen molar-refractivity contribution in [3.05, 3.63) is 5.82 Å². The van der Waals surface area contributed by atoms with Gasteiger partial charge in [0, 0.05) is 45.7 Å². The van der Waals surface area contributed by atoms with E-state index in [4.69, 9.17) is 9.47 Å². The monoisotopic (exact) mass is 721 g/mol. The predicted molar refractivity (Wildman–Crippen MR) is 165 cm³/mol. The number of aromatic nitrogens is 4. The average molecular weight is 722 g/mol. The molecule has 0 saturated carbocycles. The van der Waals surface area contributed by atoms with Crippen molar-refractivity contribution in [3.63, 3.8) is 0 Å². The Labute approximate surface area is 281 Å². The van der Waals surface area contributed by atoms with Crippen LogP contribution in [-0.2, 0) is 59.5 Å². The van der Waals surface area contributed by atoms with Crippen molar-refractivity contribution in [1.29, 1.82) is 0 Å². The summed E-state index contributed by atoms with van der Waals surface area (Å²) in [7, 11) is -2.52. The van der Waals surface area contributed by atoms with Gasteiger partial charge in [0.15, 0.2) is 0 Å². The van der Waals surface area contributed by atoms with E-state index < -0.39 is 82.4 Å². The molecular weight excluding hydrogens is 678 g/mol. The highest BCUT2D eigenvalue weighted by molar-refractivity contribution is 7.90. The van der Waals surface area contributed by atoms with E-state index in [1.54, 1.807) is 0 Å². The molecule has 0 aromatic carbocycles. The van der Waals surface area contributed by atoms with E-state index in [2.05, 4.69) is 41.9 Å². The van der Waals surface area contributed by atoms with E-state index in [0.717, 1.165) is 0 Å². The van der Waals surface area contributed by atoms with Gasteiger partial charge in [0.2, 0.25) is 39.6 Å². The van der Waals surface area contributed by atoms with Crippen LogP contribution < -0.4 is 26.0 Å². The highest BCUT2D eigenvalue weighted by Gasteiger charge is 2.24. The summed E-state index contributed by atoms with van der Waals surface area (Å²) < 4.78 is 36.4. The van der Waals surface area contributed by atoms with Gasteiger partial charge in [0.1, 0.15) is 24.5 Å². The van der Waals surface area contributed by atoms with E-state index in [1.807, 2.05) is 4.72 Å². The summed E-state index contributed by atoms with van der Waals surface area (Å²) in [5, 5.41) is 40.8. The number of tetrazole rings is 1. The molecule has 22 nitrogen and oxygen atoms in total. The van der Waals surface area contributed by atoms with Crippen LogP contribution >= 0.6 is 0 Å². The Morgan fingerprint density at radius 3 is 2.00 bits per heavy atom. The first-order chi connectivity index (χ1) is 23.2. The molecule has 0 fully saturated rings. The van der Waals surface area contributed by atoms with Gasteiger partial charge in [-0.3, -0.25) is 28.7 Å². The lowest BCUT2D eigenvalue weighted by Gasteiger charge is -2.17. The van der Waals surface area contributed by atoms with Gasteiger partial charge in [-0.2, -0.15) is 0 Å². The minimum absolute atomic E-state index is 0.0174. The smallest absolute Gasteiger partial charge is 0.326 e. The molecule has 8 N–H and O–H groups in total. The minimum Gasteiger partial charge on any atom is -0.480 e. The second-order valence-electron chi connectivity index (χ2n) is 10.3. The van der Waals surface area contributed by atoms with Crippen LogP contribution in [0.15, 0.2) is 0 Å². The molecule has 0 aliphatic heterocycles. The van der Waals surface area contributed by atoms with Crippen LogP contribution in [0.1, 0.15) is 57.2 Å². The SMILES string of the molecule is CNC(=O)CC[C@H](NC(=O)CC[C@H](NC(=O)COCCOCCNC(=O)CCCS(=O)(=O)NC(=O)CCCc1nnn[nH]1)C(=O)O)C(=O)O. The van der Waals surface area contributed by atoms with E-state index in [-0.39, 0.29) is 64.9 Å². The Balaban J connectivity index is 2.15. The number of carbonyl (C=O) groups excluding carboxylic acids is 5. The Kier molecular flexibility index (Phi) is 20.3. The third-order valence-corrected chi connectivity index (χ3v) is 7.70. The number of carboxylic acids is 2. The molecule has 5 amide bonds. The molecule has 0 unspecified atom stereocenters. The molecule has 23 heteroatoms. The number of H-pyrrole nitrogens is 1. The second kappa shape index (κ2) is 23.5. The molecule has 49 heavy (non-hydrogen) atoms. The molecule has 1 aromatic rings. The number of amides is 5. The van der Waals surface area contributed by atoms with E-state index in [1.165, 1.54) is 7.05 Å². The van der Waals surface area contributed by atoms with Crippen LogP contribution in [0.25, 0.3) is 0 Å². The van der Waals surface area contributed by atoms with E-state index in [9.17, 15) is 52.2 Å². The van der Waals surface area contributed by atoms with Gasteiger partial charge in [-0.15, -0.1) is 5.10 Å². The van der Waals surface area contributed by atoms with Crippen LogP contribution in [-0.4, -0.2) is 139 Å². The van der Waals surface area contributed by atoms with Crippen molar-refractivity contribution in [2.45, 2.75) is 69.9 Å². The van der Waals surface area contributed by atoms with Gasteiger partial charge < -0.3 is 41.0 Å². The zero-order valence-electron chi connectivity index (χ0n) is 26.9. The fraction of sp³-hybridized carbons (Fsp3) is 0.692. The molecule has 0 bridgehead atoms. The van der Waals surface area contributed by atoms with E-state index in [0.29, 0.717) is 18.7 Å². The molecule has 0 spiro atoms. The van der Waals surface area contributed by atoms with Crippen molar-refractivity contribution < 1.29 is 61.7 Å².